The molecule has 1 aliphatic carbocycles. The highest BCUT2D eigenvalue weighted by atomic mass is 19.1. The van der Waals surface area contributed by atoms with E-state index in [9.17, 15) is 9.18 Å². The summed E-state index contributed by atoms with van der Waals surface area (Å²) >= 11 is 0. The molecule has 2 fully saturated rings. The van der Waals surface area contributed by atoms with E-state index in [4.69, 9.17) is 0 Å². The van der Waals surface area contributed by atoms with Gasteiger partial charge in [-0.3, -0.25) is 4.79 Å². The van der Waals surface area contributed by atoms with Crippen molar-refractivity contribution in [2.45, 2.75) is 51.5 Å². The van der Waals surface area contributed by atoms with Gasteiger partial charge in [0.25, 0.3) is 0 Å². The van der Waals surface area contributed by atoms with Crippen molar-refractivity contribution in [1.29, 1.82) is 0 Å². The van der Waals surface area contributed by atoms with E-state index in [1.54, 1.807) is 12.1 Å². The van der Waals surface area contributed by atoms with E-state index in [1.807, 2.05) is 0 Å². The number of carbonyl (C=O) groups excluding carboxylic acids is 1. The predicted octanol–water partition coefficient (Wildman–Crippen LogP) is 3.14. The van der Waals surface area contributed by atoms with Crippen LogP contribution in [0.15, 0.2) is 18.2 Å². The molecule has 2 aromatic rings. The van der Waals surface area contributed by atoms with E-state index >= 15 is 0 Å². The molecular formula is C21H26FN5O. The van der Waals surface area contributed by atoms with Crippen LogP contribution in [0.2, 0.25) is 0 Å². The number of carbonyl (C=O) groups is 1. The van der Waals surface area contributed by atoms with Crippen LogP contribution in [0.1, 0.15) is 44.3 Å². The fourth-order valence-corrected chi connectivity index (χ4v) is 4.87. The molecule has 1 aromatic carbocycles. The van der Waals surface area contributed by atoms with Gasteiger partial charge in [-0.2, -0.15) is 0 Å². The van der Waals surface area contributed by atoms with Crippen LogP contribution in [0.3, 0.4) is 0 Å². The number of nitrogens with zero attached hydrogens (tertiary/aromatic N) is 3. The van der Waals surface area contributed by atoms with Crippen LogP contribution < -0.4 is 10.6 Å². The topological polar surface area (TPSA) is 71.8 Å². The number of anilines is 1. The fraction of sp³-hybridized carbons (Fsp3) is 0.571. The molecule has 1 unspecified atom stereocenters. The number of halogens is 1. The molecule has 0 bridgehead atoms. The number of aromatic nitrogens is 3. The van der Waals surface area contributed by atoms with E-state index in [0.29, 0.717) is 0 Å². The second-order valence-electron chi connectivity index (χ2n) is 8.46. The van der Waals surface area contributed by atoms with Crippen LogP contribution in [0, 0.1) is 17.2 Å². The van der Waals surface area contributed by atoms with Gasteiger partial charge in [0.1, 0.15) is 11.6 Å². The molecule has 1 atom stereocenters. The normalized spacial score (nSPS) is 23.1. The maximum Gasteiger partial charge on any atom is 0.228 e. The van der Waals surface area contributed by atoms with Crippen LogP contribution in [-0.2, 0) is 17.8 Å². The molecular weight excluding hydrogens is 357 g/mol. The number of hydrogen-bond donors (Lipinski definition) is 2. The molecule has 1 amide bonds. The third kappa shape index (κ3) is 3.11. The van der Waals surface area contributed by atoms with Crippen LogP contribution in [0.4, 0.5) is 10.1 Å². The second kappa shape index (κ2) is 6.95. The molecule has 1 saturated heterocycles. The Balaban J connectivity index is 1.37. The molecule has 6 nitrogen and oxygen atoms in total. The quantitative estimate of drug-likeness (QED) is 0.854. The number of nitrogens with one attached hydrogen (secondary N) is 2. The zero-order valence-corrected chi connectivity index (χ0v) is 16.0. The van der Waals surface area contributed by atoms with Gasteiger partial charge in [-0.05, 0) is 68.8 Å². The summed E-state index contributed by atoms with van der Waals surface area (Å²) in [7, 11) is 0. The molecule has 1 spiro atoms. The molecule has 0 radical (unpaired) electrons. The molecule has 2 N–H and O–H groups in total. The Hall–Kier alpha value is -2.28. The molecule has 5 rings (SSSR count). The van der Waals surface area contributed by atoms with Crippen LogP contribution in [0.5, 0.6) is 0 Å². The summed E-state index contributed by atoms with van der Waals surface area (Å²) in [4.78, 5) is 12.7. The van der Waals surface area contributed by atoms with Gasteiger partial charge in [0.05, 0.1) is 5.69 Å². The Morgan fingerprint density at radius 1 is 1.21 bits per heavy atom. The van der Waals surface area contributed by atoms with Gasteiger partial charge < -0.3 is 15.2 Å². The van der Waals surface area contributed by atoms with Crippen molar-refractivity contribution < 1.29 is 9.18 Å². The van der Waals surface area contributed by atoms with Gasteiger partial charge in [-0.1, -0.05) is 6.42 Å². The standard InChI is InChI=1S/C21H26FN5O/c22-16-6-5-14(19-26-25-18-4-2-1-3-11-27(18)19)12-17(16)24-20(28)15-13-21(15)7-9-23-10-8-21/h5-6,12,15,23H,1-4,7-11,13H2,(H,24,28). The summed E-state index contributed by atoms with van der Waals surface area (Å²) in [5, 5.41) is 14.9. The summed E-state index contributed by atoms with van der Waals surface area (Å²) in [6.45, 7) is 2.81. The van der Waals surface area contributed by atoms with Gasteiger partial charge in [0.2, 0.25) is 5.91 Å². The number of rotatable bonds is 3. The zero-order chi connectivity index (χ0) is 19.1. The Morgan fingerprint density at radius 2 is 2.07 bits per heavy atom. The summed E-state index contributed by atoms with van der Waals surface area (Å²) < 4.78 is 16.6. The highest BCUT2D eigenvalue weighted by Crippen LogP contribution is 2.58. The highest BCUT2D eigenvalue weighted by Gasteiger charge is 2.57. The largest absolute Gasteiger partial charge is 0.323 e. The van der Waals surface area contributed by atoms with Crippen molar-refractivity contribution in [2.75, 3.05) is 18.4 Å². The molecule has 1 aromatic heterocycles. The van der Waals surface area contributed by atoms with Crippen LogP contribution in [-0.4, -0.2) is 33.8 Å². The number of amides is 1. The van der Waals surface area contributed by atoms with E-state index in [-0.39, 0.29) is 22.9 Å². The van der Waals surface area contributed by atoms with Gasteiger partial charge in [-0.15, -0.1) is 10.2 Å². The first-order valence-electron chi connectivity index (χ1n) is 10.4. The maximum atomic E-state index is 14.4. The average Bonchev–Trinajstić information content (AvgIpc) is 3.33. The third-order valence-corrected chi connectivity index (χ3v) is 6.70. The van der Waals surface area contributed by atoms with Crippen molar-refractivity contribution >= 4 is 11.6 Å². The fourth-order valence-electron chi connectivity index (χ4n) is 4.87. The van der Waals surface area contributed by atoms with Crippen LogP contribution >= 0.6 is 0 Å². The van der Waals surface area contributed by atoms with Gasteiger partial charge in [-0.25, -0.2) is 4.39 Å². The minimum atomic E-state index is -0.410. The Labute approximate surface area is 163 Å². The lowest BCUT2D eigenvalue weighted by Crippen LogP contribution is -2.31. The average molecular weight is 383 g/mol. The van der Waals surface area contributed by atoms with Crippen molar-refractivity contribution in [3.8, 4) is 11.4 Å². The van der Waals surface area contributed by atoms with Gasteiger partial charge >= 0.3 is 0 Å². The highest BCUT2D eigenvalue weighted by molar-refractivity contribution is 5.95. The third-order valence-electron chi connectivity index (χ3n) is 6.70. The Morgan fingerprint density at radius 3 is 2.93 bits per heavy atom. The number of hydrogen-bond acceptors (Lipinski definition) is 4. The Bertz CT molecular complexity index is 902. The smallest absolute Gasteiger partial charge is 0.228 e. The van der Waals surface area contributed by atoms with Crippen molar-refractivity contribution in [2.24, 2.45) is 11.3 Å². The van der Waals surface area contributed by atoms with Gasteiger partial charge in [0.15, 0.2) is 5.82 Å². The molecule has 28 heavy (non-hydrogen) atoms. The summed E-state index contributed by atoms with van der Waals surface area (Å²) in [5.74, 6) is 1.29. The predicted molar refractivity (Wildman–Crippen MR) is 104 cm³/mol. The van der Waals surface area contributed by atoms with Crippen molar-refractivity contribution in [3.63, 3.8) is 0 Å². The van der Waals surface area contributed by atoms with Crippen LogP contribution in [0.25, 0.3) is 11.4 Å². The van der Waals surface area contributed by atoms with Gasteiger partial charge in [0, 0.05) is 24.4 Å². The lowest BCUT2D eigenvalue weighted by Gasteiger charge is -2.23. The van der Waals surface area contributed by atoms with E-state index in [2.05, 4.69) is 25.4 Å². The first-order valence-corrected chi connectivity index (χ1v) is 10.4. The summed E-state index contributed by atoms with van der Waals surface area (Å²) in [6, 6.07) is 4.84. The molecule has 7 heteroatoms. The molecule has 148 valence electrons. The van der Waals surface area contributed by atoms with Crippen molar-refractivity contribution in [1.82, 2.24) is 20.1 Å². The zero-order valence-electron chi connectivity index (χ0n) is 16.0. The Kier molecular flexibility index (Phi) is 4.42. The van der Waals surface area contributed by atoms with Crippen molar-refractivity contribution in [3.05, 3.63) is 29.8 Å². The summed E-state index contributed by atoms with van der Waals surface area (Å²) in [6.07, 6.45) is 7.31. The first-order chi connectivity index (χ1) is 13.7. The molecule has 2 aliphatic heterocycles. The minimum Gasteiger partial charge on any atom is -0.323 e. The minimum absolute atomic E-state index is 0.00187. The number of aryl methyl sites for hydroxylation is 1. The first kappa shape index (κ1) is 17.8. The number of piperidine rings is 1. The van der Waals surface area contributed by atoms with E-state index in [0.717, 1.165) is 75.4 Å². The molecule has 3 aliphatic rings. The number of fused-ring (bicyclic) bond motifs is 1. The maximum absolute atomic E-state index is 14.4. The lowest BCUT2D eigenvalue weighted by molar-refractivity contribution is -0.118. The summed E-state index contributed by atoms with van der Waals surface area (Å²) in [5.41, 5.74) is 1.17. The molecule has 3 heterocycles. The monoisotopic (exact) mass is 383 g/mol. The molecule has 1 saturated carbocycles. The SMILES string of the molecule is O=C(Nc1cc(-c2nnc3n2CCCCC3)ccc1F)C1CC12CCNCC2. The second-order valence-corrected chi connectivity index (χ2v) is 8.46. The van der Waals surface area contributed by atoms with E-state index < -0.39 is 5.82 Å². The van der Waals surface area contributed by atoms with E-state index in [1.165, 1.54) is 12.5 Å². The number of benzene rings is 1. The lowest BCUT2D eigenvalue weighted by atomic mass is 9.92.